The average Bonchev–Trinajstić information content (AvgIpc) is 2.64. The first-order chi connectivity index (χ1) is 13.3. The molecule has 0 spiro atoms. The third-order valence-corrected chi connectivity index (χ3v) is 8.25. The zero-order chi connectivity index (χ0) is 21.3. The van der Waals surface area contributed by atoms with E-state index in [0.29, 0.717) is 18.5 Å². The van der Waals surface area contributed by atoms with Gasteiger partial charge in [0.05, 0.1) is 13.2 Å². The highest BCUT2D eigenvalue weighted by atomic mass is 32.1. The molecule has 0 aliphatic heterocycles. The molecule has 170 valence electrons. The molecule has 28 heavy (non-hydrogen) atoms. The van der Waals surface area contributed by atoms with Gasteiger partial charge in [-0.05, 0) is 47.5 Å². The first-order valence-electron chi connectivity index (χ1n) is 11.2. The lowest BCUT2D eigenvalue weighted by atomic mass is 10.1. The maximum atomic E-state index is 6.42. The second kappa shape index (κ2) is 18.2. The van der Waals surface area contributed by atoms with Gasteiger partial charge in [-0.2, -0.15) is 12.6 Å². The summed E-state index contributed by atoms with van der Waals surface area (Å²) in [6, 6.07) is 0.853. The average molecular weight is 437 g/mol. The lowest BCUT2D eigenvalue weighted by molar-refractivity contribution is 0.0493. The Morgan fingerprint density at radius 3 is 1.75 bits per heavy atom. The first-order valence-corrected chi connectivity index (χ1v) is 13.7. The Hall–Kier alpha value is 0.367. The quantitative estimate of drug-likeness (QED) is 0.172. The van der Waals surface area contributed by atoms with Crippen LogP contribution in [0.4, 0.5) is 0 Å². The number of hydrogen-bond acceptors (Lipinski definition) is 6. The monoisotopic (exact) mass is 436 g/mol. The maximum absolute atomic E-state index is 6.42. The van der Waals surface area contributed by atoms with Crippen LogP contribution in [0, 0.1) is 0 Å². The van der Waals surface area contributed by atoms with Gasteiger partial charge < -0.3 is 23.1 Å². The third-order valence-electron chi connectivity index (χ3n) is 4.80. The molecular formula is C21H48N2O3SSi. The molecule has 1 unspecified atom stereocenters. The maximum Gasteiger partial charge on any atom is 0.501 e. The molecule has 0 heterocycles. The van der Waals surface area contributed by atoms with Gasteiger partial charge in [0.2, 0.25) is 0 Å². The van der Waals surface area contributed by atoms with E-state index in [9.17, 15) is 0 Å². The molecule has 0 rings (SSSR count). The molecule has 7 heteroatoms. The zero-order valence-corrected chi connectivity index (χ0v) is 21.4. The van der Waals surface area contributed by atoms with E-state index in [0.717, 1.165) is 45.0 Å². The predicted octanol–water partition coefficient (Wildman–Crippen LogP) is 4.56. The van der Waals surface area contributed by atoms with Gasteiger partial charge in [0.25, 0.3) is 0 Å². The molecular weight excluding hydrogens is 388 g/mol. The van der Waals surface area contributed by atoms with Crippen molar-refractivity contribution in [2.75, 3.05) is 61.1 Å². The van der Waals surface area contributed by atoms with Crippen LogP contribution in [-0.2, 0) is 13.3 Å². The molecule has 0 aromatic heterocycles. The molecule has 0 N–H and O–H groups in total. The molecule has 1 atom stereocenters. The molecule has 0 amide bonds. The number of unbranched alkanes of at least 4 members (excludes halogenated alkanes) is 5. The topological polar surface area (TPSA) is 34.2 Å². The lowest BCUT2D eigenvalue weighted by Gasteiger charge is -2.31. The van der Waals surface area contributed by atoms with Gasteiger partial charge in [-0.1, -0.05) is 46.0 Å². The Labute approximate surface area is 182 Å². The molecule has 0 aliphatic rings. The van der Waals surface area contributed by atoms with E-state index in [1.165, 1.54) is 32.1 Å². The van der Waals surface area contributed by atoms with E-state index in [1.807, 2.05) is 0 Å². The smallest absolute Gasteiger partial charge is 0.373 e. The molecule has 0 aromatic rings. The molecule has 0 fully saturated rings. The van der Waals surface area contributed by atoms with Crippen molar-refractivity contribution in [3.8, 4) is 0 Å². The SMILES string of the molecule is CCCCCCCCO[Si](CCC(S)CC)(OCCN(C)C)OCCN(C)C. The summed E-state index contributed by atoms with van der Waals surface area (Å²) in [6.45, 7) is 8.24. The fraction of sp³-hybridized carbons (Fsp3) is 1.00. The van der Waals surface area contributed by atoms with E-state index in [4.69, 9.17) is 13.3 Å². The fourth-order valence-electron chi connectivity index (χ4n) is 2.77. The Balaban J connectivity index is 4.77. The van der Waals surface area contributed by atoms with Gasteiger partial charge in [0, 0.05) is 31.0 Å². The van der Waals surface area contributed by atoms with Crippen molar-refractivity contribution in [2.45, 2.75) is 76.5 Å². The fourth-order valence-corrected chi connectivity index (χ4v) is 5.78. The highest BCUT2D eigenvalue weighted by molar-refractivity contribution is 7.80. The van der Waals surface area contributed by atoms with Gasteiger partial charge in [-0.15, -0.1) is 0 Å². The highest BCUT2D eigenvalue weighted by Crippen LogP contribution is 2.23. The van der Waals surface area contributed by atoms with Gasteiger partial charge >= 0.3 is 8.80 Å². The van der Waals surface area contributed by atoms with E-state index < -0.39 is 8.80 Å². The summed E-state index contributed by atoms with van der Waals surface area (Å²) in [6.07, 6.45) is 9.59. The second-order valence-electron chi connectivity index (χ2n) is 8.20. The molecule has 0 aromatic carbocycles. The number of likely N-dealkylation sites (N-methyl/N-ethyl adjacent to an activating group) is 2. The molecule has 5 nitrogen and oxygen atoms in total. The van der Waals surface area contributed by atoms with E-state index in [1.54, 1.807) is 0 Å². The number of nitrogens with zero attached hydrogens (tertiary/aromatic N) is 2. The van der Waals surface area contributed by atoms with Crippen LogP contribution in [0.25, 0.3) is 0 Å². The molecule has 0 aliphatic carbocycles. The Morgan fingerprint density at radius 2 is 1.25 bits per heavy atom. The summed E-state index contributed by atoms with van der Waals surface area (Å²) in [5.74, 6) is 0. The van der Waals surface area contributed by atoms with Crippen LogP contribution in [0.1, 0.15) is 65.2 Å². The molecule has 0 radical (unpaired) electrons. The van der Waals surface area contributed by atoms with Crippen molar-refractivity contribution in [1.82, 2.24) is 9.80 Å². The zero-order valence-electron chi connectivity index (χ0n) is 19.5. The first kappa shape index (κ1) is 28.4. The minimum absolute atomic E-state index is 0.374. The summed E-state index contributed by atoms with van der Waals surface area (Å²) in [7, 11) is 5.58. The Bertz CT molecular complexity index is 336. The second-order valence-corrected chi connectivity index (χ2v) is 11.7. The standard InChI is InChI=1S/C21H48N2O3SSi/c1-7-9-10-11-12-13-17-24-28(20-14-21(27)8-2,25-18-15-22(3)4)26-19-16-23(5)6/h21,27H,7-20H2,1-6H3. The summed E-state index contributed by atoms with van der Waals surface area (Å²) in [4.78, 5) is 4.28. The minimum Gasteiger partial charge on any atom is -0.373 e. The summed E-state index contributed by atoms with van der Waals surface area (Å²) < 4.78 is 19.1. The minimum atomic E-state index is -2.69. The van der Waals surface area contributed by atoms with Gasteiger partial charge in [-0.3, -0.25) is 0 Å². The van der Waals surface area contributed by atoms with E-state index in [-0.39, 0.29) is 0 Å². The van der Waals surface area contributed by atoms with Crippen molar-refractivity contribution in [3.05, 3.63) is 0 Å². The number of thiol groups is 1. The van der Waals surface area contributed by atoms with Crippen molar-refractivity contribution < 1.29 is 13.3 Å². The Kier molecular flexibility index (Phi) is 18.4. The predicted molar refractivity (Wildman–Crippen MR) is 127 cm³/mol. The van der Waals surface area contributed by atoms with Crippen LogP contribution in [-0.4, -0.2) is 85.0 Å². The van der Waals surface area contributed by atoms with Crippen LogP contribution in [0.15, 0.2) is 0 Å². The van der Waals surface area contributed by atoms with E-state index in [2.05, 4.69) is 64.5 Å². The van der Waals surface area contributed by atoms with Crippen LogP contribution >= 0.6 is 12.6 Å². The van der Waals surface area contributed by atoms with Crippen molar-refractivity contribution in [1.29, 1.82) is 0 Å². The molecule has 0 saturated carbocycles. The van der Waals surface area contributed by atoms with Crippen molar-refractivity contribution >= 4 is 21.4 Å². The van der Waals surface area contributed by atoms with Gasteiger partial charge in [-0.25, -0.2) is 0 Å². The van der Waals surface area contributed by atoms with Crippen LogP contribution < -0.4 is 0 Å². The summed E-state index contributed by atoms with van der Waals surface area (Å²) in [5.41, 5.74) is 0. The largest absolute Gasteiger partial charge is 0.501 e. The summed E-state index contributed by atoms with van der Waals surface area (Å²) >= 11 is 4.69. The summed E-state index contributed by atoms with van der Waals surface area (Å²) in [5, 5.41) is 0.374. The molecule has 0 bridgehead atoms. The third kappa shape index (κ3) is 16.2. The van der Waals surface area contributed by atoms with Crippen LogP contribution in [0.5, 0.6) is 0 Å². The van der Waals surface area contributed by atoms with Crippen LogP contribution in [0.3, 0.4) is 0 Å². The van der Waals surface area contributed by atoms with E-state index >= 15 is 0 Å². The number of hydrogen-bond donors (Lipinski definition) is 1. The number of rotatable bonds is 20. The molecule has 0 saturated heterocycles. The van der Waals surface area contributed by atoms with Gasteiger partial charge in [0.15, 0.2) is 0 Å². The van der Waals surface area contributed by atoms with Gasteiger partial charge in [0.1, 0.15) is 0 Å². The van der Waals surface area contributed by atoms with Crippen LogP contribution in [0.2, 0.25) is 6.04 Å². The lowest BCUT2D eigenvalue weighted by Crippen LogP contribution is -2.48. The normalized spacial score (nSPS) is 13.6. The van der Waals surface area contributed by atoms with Crippen molar-refractivity contribution in [2.24, 2.45) is 0 Å². The Morgan fingerprint density at radius 1 is 0.750 bits per heavy atom. The van der Waals surface area contributed by atoms with Crippen molar-refractivity contribution in [3.63, 3.8) is 0 Å². The highest BCUT2D eigenvalue weighted by Gasteiger charge is 2.41.